The Bertz CT molecular complexity index is 604. The number of rotatable bonds is 2. The van der Waals surface area contributed by atoms with Gasteiger partial charge in [0.05, 0.1) is 0 Å². The standard InChI is InChI=1S/C16H13IO2/c17-12-6-8-13(9-7-12)19-15-10-5-11-3-1-2-4-14(11)16(15)18/h1-10,15-16,18H/t15-,16-/m0/s1. The first-order chi connectivity index (χ1) is 9.24. The minimum absolute atomic E-state index is 0.338. The zero-order valence-corrected chi connectivity index (χ0v) is 12.3. The van der Waals surface area contributed by atoms with Crippen molar-refractivity contribution in [1.29, 1.82) is 0 Å². The van der Waals surface area contributed by atoms with Gasteiger partial charge in [-0.3, -0.25) is 0 Å². The number of aliphatic hydroxyl groups is 1. The minimum atomic E-state index is -0.625. The fourth-order valence-corrected chi connectivity index (χ4v) is 2.55. The van der Waals surface area contributed by atoms with Crippen LogP contribution in [0.1, 0.15) is 17.2 Å². The molecule has 2 aromatic carbocycles. The van der Waals surface area contributed by atoms with Crippen molar-refractivity contribution in [2.24, 2.45) is 0 Å². The molecule has 0 spiro atoms. The van der Waals surface area contributed by atoms with E-state index in [0.29, 0.717) is 0 Å². The third kappa shape index (κ3) is 2.67. The smallest absolute Gasteiger partial charge is 0.147 e. The molecule has 0 aromatic heterocycles. The maximum Gasteiger partial charge on any atom is 0.147 e. The van der Waals surface area contributed by atoms with Gasteiger partial charge in [-0.05, 0) is 64.1 Å². The number of halogens is 1. The maximum atomic E-state index is 10.4. The van der Waals surface area contributed by atoms with Crippen LogP contribution in [0.25, 0.3) is 6.08 Å². The van der Waals surface area contributed by atoms with Crippen molar-refractivity contribution in [2.45, 2.75) is 12.2 Å². The first kappa shape index (κ1) is 12.7. The Morgan fingerprint density at radius 1 is 1.00 bits per heavy atom. The quantitative estimate of drug-likeness (QED) is 0.822. The lowest BCUT2D eigenvalue weighted by atomic mass is 9.93. The fourth-order valence-electron chi connectivity index (χ4n) is 2.19. The normalized spacial score (nSPS) is 20.9. The summed E-state index contributed by atoms with van der Waals surface area (Å²) in [5.41, 5.74) is 1.97. The van der Waals surface area contributed by atoms with Gasteiger partial charge in [-0.1, -0.05) is 30.3 Å². The number of hydrogen-bond donors (Lipinski definition) is 1. The molecule has 1 aliphatic rings. The van der Waals surface area contributed by atoms with Crippen LogP contribution in [0, 0.1) is 3.57 Å². The topological polar surface area (TPSA) is 29.5 Å². The van der Waals surface area contributed by atoms with Crippen LogP contribution in [0.4, 0.5) is 0 Å². The van der Waals surface area contributed by atoms with Gasteiger partial charge in [-0.2, -0.15) is 0 Å². The summed E-state index contributed by atoms with van der Waals surface area (Å²) in [5, 5.41) is 10.4. The predicted octanol–water partition coefficient (Wildman–Crippen LogP) is 3.80. The monoisotopic (exact) mass is 364 g/mol. The Balaban J connectivity index is 1.83. The van der Waals surface area contributed by atoms with E-state index in [-0.39, 0.29) is 6.10 Å². The highest BCUT2D eigenvalue weighted by Crippen LogP contribution is 2.30. The van der Waals surface area contributed by atoms with Crippen molar-refractivity contribution >= 4 is 28.7 Å². The number of hydrogen-bond acceptors (Lipinski definition) is 2. The van der Waals surface area contributed by atoms with Gasteiger partial charge in [0.25, 0.3) is 0 Å². The maximum absolute atomic E-state index is 10.4. The SMILES string of the molecule is O[C@H]1c2ccccc2C=C[C@@H]1Oc1ccc(I)cc1. The lowest BCUT2D eigenvalue weighted by Crippen LogP contribution is -2.25. The van der Waals surface area contributed by atoms with Gasteiger partial charge in [0.2, 0.25) is 0 Å². The van der Waals surface area contributed by atoms with E-state index in [4.69, 9.17) is 4.74 Å². The van der Waals surface area contributed by atoms with Crippen molar-refractivity contribution in [3.63, 3.8) is 0 Å². The molecule has 2 atom stereocenters. The minimum Gasteiger partial charge on any atom is -0.483 e. The van der Waals surface area contributed by atoms with E-state index in [0.717, 1.165) is 20.4 Å². The van der Waals surface area contributed by atoms with Gasteiger partial charge in [0.15, 0.2) is 0 Å². The molecular formula is C16H13IO2. The van der Waals surface area contributed by atoms with E-state index in [1.54, 1.807) is 0 Å². The summed E-state index contributed by atoms with van der Waals surface area (Å²) in [6.45, 7) is 0. The number of aliphatic hydroxyl groups excluding tert-OH is 1. The molecule has 0 fully saturated rings. The second-order valence-corrected chi connectivity index (χ2v) is 5.71. The van der Waals surface area contributed by atoms with Crippen molar-refractivity contribution in [3.05, 3.63) is 69.3 Å². The van der Waals surface area contributed by atoms with Gasteiger partial charge in [-0.15, -0.1) is 0 Å². The van der Waals surface area contributed by atoms with Crippen LogP contribution in [0.15, 0.2) is 54.6 Å². The lowest BCUT2D eigenvalue weighted by molar-refractivity contribution is 0.0623. The molecule has 0 heterocycles. The molecule has 0 radical (unpaired) electrons. The molecule has 19 heavy (non-hydrogen) atoms. The highest BCUT2D eigenvalue weighted by molar-refractivity contribution is 14.1. The van der Waals surface area contributed by atoms with Crippen LogP contribution in [-0.4, -0.2) is 11.2 Å². The van der Waals surface area contributed by atoms with Gasteiger partial charge in [-0.25, -0.2) is 0 Å². The Morgan fingerprint density at radius 2 is 1.74 bits per heavy atom. The Morgan fingerprint density at radius 3 is 2.53 bits per heavy atom. The van der Waals surface area contributed by atoms with Crippen molar-refractivity contribution in [2.75, 3.05) is 0 Å². The second-order valence-electron chi connectivity index (χ2n) is 4.47. The molecule has 2 nitrogen and oxygen atoms in total. The molecule has 3 rings (SSSR count). The van der Waals surface area contributed by atoms with E-state index in [1.807, 2.05) is 60.7 Å². The molecule has 0 unspecified atom stereocenters. The van der Waals surface area contributed by atoms with Crippen LogP contribution in [-0.2, 0) is 0 Å². The predicted molar refractivity (Wildman–Crippen MR) is 84.0 cm³/mol. The Kier molecular flexibility index (Phi) is 3.57. The molecule has 0 saturated heterocycles. The highest BCUT2D eigenvalue weighted by atomic mass is 127. The summed E-state index contributed by atoms with van der Waals surface area (Å²) < 4.78 is 7.00. The van der Waals surface area contributed by atoms with E-state index in [2.05, 4.69) is 22.6 Å². The number of fused-ring (bicyclic) bond motifs is 1. The molecule has 1 aliphatic carbocycles. The van der Waals surface area contributed by atoms with Crippen molar-refractivity contribution in [1.82, 2.24) is 0 Å². The molecule has 0 saturated carbocycles. The number of ether oxygens (including phenoxy) is 1. The number of benzene rings is 2. The molecule has 2 aromatic rings. The zero-order chi connectivity index (χ0) is 13.2. The Hall–Kier alpha value is -1.33. The lowest BCUT2D eigenvalue weighted by Gasteiger charge is -2.26. The summed E-state index contributed by atoms with van der Waals surface area (Å²) >= 11 is 2.25. The molecule has 0 bridgehead atoms. The molecule has 96 valence electrons. The Labute approximate surface area is 125 Å². The summed E-state index contributed by atoms with van der Waals surface area (Å²) in [6.07, 6.45) is 2.94. The molecule has 3 heteroatoms. The molecule has 0 amide bonds. The van der Waals surface area contributed by atoms with E-state index in [1.165, 1.54) is 0 Å². The third-order valence-electron chi connectivity index (χ3n) is 3.18. The van der Waals surface area contributed by atoms with E-state index in [9.17, 15) is 5.11 Å². The second kappa shape index (κ2) is 5.35. The van der Waals surface area contributed by atoms with E-state index >= 15 is 0 Å². The average Bonchev–Trinajstić information content (AvgIpc) is 2.45. The van der Waals surface area contributed by atoms with Crippen LogP contribution in [0.5, 0.6) is 5.75 Å². The summed E-state index contributed by atoms with van der Waals surface area (Å²) in [4.78, 5) is 0. The average molecular weight is 364 g/mol. The third-order valence-corrected chi connectivity index (χ3v) is 3.90. The van der Waals surface area contributed by atoms with Crippen molar-refractivity contribution < 1.29 is 9.84 Å². The highest BCUT2D eigenvalue weighted by Gasteiger charge is 2.25. The summed E-state index contributed by atoms with van der Waals surface area (Å²) in [7, 11) is 0. The first-order valence-corrected chi connectivity index (χ1v) is 7.19. The largest absolute Gasteiger partial charge is 0.483 e. The van der Waals surface area contributed by atoms with Gasteiger partial charge >= 0.3 is 0 Å². The van der Waals surface area contributed by atoms with Gasteiger partial charge < -0.3 is 9.84 Å². The van der Waals surface area contributed by atoms with Crippen LogP contribution in [0.3, 0.4) is 0 Å². The van der Waals surface area contributed by atoms with Crippen LogP contribution in [0.2, 0.25) is 0 Å². The van der Waals surface area contributed by atoms with Gasteiger partial charge in [0, 0.05) is 3.57 Å². The first-order valence-electron chi connectivity index (χ1n) is 6.11. The molecular weight excluding hydrogens is 351 g/mol. The summed E-state index contributed by atoms with van der Waals surface area (Å²) in [5.74, 6) is 0.772. The van der Waals surface area contributed by atoms with Crippen LogP contribution < -0.4 is 4.74 Å². The van der Waals surface area contributed by atoms with E-state index < -0.39 is 6.10 Å². The summed E-state index contributed by atoms with van der Waals surface area (Å²) in [6, 6.07) is 15.7. The molecule has 0 aliphatic heterocycles. The fraction of sp³-hybridized carbons (Fsp3) is 0.125. The zero-order valence-electron chi connectivity index (χ0n) is 10.2. The van der Waals surface area contributed by atoms with Gasteiger partial charge in [0.1, 0.15) is 18.0 Å². The molecule has 1 N–H and O–H groups in total. The van der Waals surface area contributed by atoms with Crippen LogP contribution >= 0.6 is 22.6 Å². The van der Waals surface area contributed by atoms with Crippen molar-refractivity contribution in [3.8, 4) is 5.75 Å².